The maximum absolute atomic E-state index is 13.0. The molecule has 0 saturated heterocycles. The van der Waals surface area contributed by atoms with Crippen molar-refractivity contribution >= 4 is 5.91 Å². The highest BCUT2D eigenvalue weighted by atomic mass is 19.1. The minimum atomic E-state index is -0.186. The molecular formula is C13H17FN2O. The van der Waals surface area contributed by atoms with Gasteiger partial charge in [0.15, 0.2) is 0 Å². The molecule has 0 heterocycles. The van der Waals surface area contributed by atoms with Gasteiger partial charge in [0, 0.05) is 20.1 Å². The number of aryl methyl sites for hydroxylation is 1. The number of carbonyl (C=O) groups is 1. The lowest BCUT2D eigenvalue weighted by Gasteiger charge is -2.16. The monoisotopic (exact) mass is 236 g/mol. The fourth-order valence-corrected chi connectivity index (χ4v) is 2.17. The average Bonchev–Trinajstić information content (AvgIpc) is 2.67. The second-order valence-corrected chi connectivity index (χ2v) is 4.60. The van der Waals surface area contributed by atoms with E-state index in [1.54, 1.807) is 25.1 Å². The first-order valence-corrected chi connectivity index (χ1v) is 5.80. The third-order valence-corrected chi connectivity index (χ3v) is 3.18. The predicted molar refractivity (Wildman–Crippen MR) is 64.2 cm³/mol. The van der Waals surface area contributed by atoms with E-state index in [4.69, 9.17) is 0 Å². The van der Waals surface area contributed by atoms with Gasteiger partial charge in [-0.3, -0.25) is 4.79 Å². The van der Waals surface area contributed by atoms with Crippen LogP contribution in [0.1, 0.15) is 23.6 Å². The van der Waals surface area contributed by atoms with Gasteiger partial charge in [-0.25, -0.2) is 4.39 Å². The minimum absolute atomic E-state index is 0.0561. The van der Waals surface area contributed by atoms with Crippen LogP contribution in [0.15, 0.2) is 18.2 Å². The SMILES string of the molecule is CN(C)C(=O)CNC1CCc2cc(F)ccc21. The van der Waals surface area contributed by atoms with E-state index in [0.29, 0.717) is 6.54 Å². The van der Waals surface area contributed by atoms with Gasteiger partial charge in [0.1, 0.15) is 5.82 Å². The van der Waals surface area contributed by atoms with Gasteiger partial charge in [0.2, 0.25) is 5.91 Å². The number of carbonyl (C=O) groups excluding carboxylic acids is 1. The summed E-state index contributed by atoms with van der Waals surface area (Å²) in [7, 11) is 3.48. The molecule has 2 rings (SSSR count). The molecule has 0 aromatic heterocycles. The highest BCUT2D eigenvalue weighted by molar-refractivity contribution is 5.77. The molecule has 1 atom stereocenters. The molecule has 92 valence electrons. The summed E-state index contributed by atoms with van der Waals surface area (Å²) in [6.45, 7) is 0.328. The zero-order valence-electron chi connectivity index (χ0n) is 10.2. The molecule has 17 heavy (non-hydrogen) atoms. The van der Waals surface area contributed by atoms with Crippen molar-refractivity contribution in [3.05, 3.63) is 35.1 Å². The van der Waals surface area contributed by atoms with Crippen molar-refractivity contribution < 1.29 is 9.18 Å². The van der Waals surface area contributed by atoms with E-state index in [9.17, 15) is 9.18 Å². The average molecular weight is 236 g/mol. The van der Waals surface area contributed by atoms with Crippen LogP contribution < -0.4 is 5.32 Å². The lowest BCUT2D eigenvalue weighted by atomic mass is 10.1. The second kappa shape index (κ2) is 4.84. The summed E-state index contributed by atoms with van der Waals surface area (Å²) in [5.41, 5.74) is 2.18. The molecule has 1 amide bonds. The number of fused-ring (bicyclic) bond motifs is 1. The van der Waals surface area contributed by atoms with Crippen LogP contribution >= 0.6 is 0 Å². The van der Waals surface area contributed by atoms with E-state index in [1.807, 2.05) is 6.07 Å². The van der Waals surface area contributed by atoms with Gasteiger partial charge < -0.3 is 10.2 Å². The Hall–Kier alpha value is -1.42. The Kier molecular flexibility index (Phi) is 3.43. The molecule has 1 aliphatic carbocycles. The van der Waals surface area contributed by atoms with E-state index in [0.717, 1.165) is 24.0 Å². The van der Waals surface area contributed by atoms with Gasteiger partial charge in [-0.2, -0.15) is 0 Å². The molecule has 0 bridgehead atoms. The molecule has 0 fully saturated rings. The Morgan fingerprint density at radius 3 is 3.00 bits per heavy atom. The number of nitrogens with one attached hydrogen (secondary N) is 1. The van der Waals surface area contributed by atoms with E-state index >= 15 is 0 Å². The summed E-state index contributed by atoms with van der Waals surface area (Å²) in [4.78, 5) is 13.0. The van der Waals surface area contributed by atoms with E-state index in [1.165, 1.54) is 6.07 Å². The number of nitrogens with zero attached hydrogens (tertiary/aromatic N) is 1. The summed E-state index contributed by atoms with van der Waals surface area (Å²) >= 11 is 0. The third kappa shape index (κ3) is 2.64. The van der Waals surface area contributed by atoms with Gasteiger partial charge in [-0.05, 0) is 36.1 Å². The standard InChI is InChI=1S/C13H17FN2O/c1-16(2)13(17)8-15-12-6-3-9-7-10(14)4-5-11(9)12/h4-5,7,12,15H,3,6,8H2,1-2H3. The summed E-state index contributed by atoms with van der Waals surface area (Å²) in [5.74, 6) is -0.130. The van der Waals surface area contributed by atoms with Crippen molar-refractivity contribution in [3.63, 3.8) is 0 Å². The summed E-state index contributed by atoms with van der Waals surface area (Å²) in [6.07, 6.45) is 1.81. The highest BCUT2D eigenvalue weighted by Gasteiger charge is 2.22. The Labute approximate surface area is 101 Å². The Morgan fingerprint density at radius 2 is 2.29 bits per heavy atom. The normalized spacial score (nSPS) is 17.9. The maximum atomic E-state index is 13.0. The fraction of sp³-hybridized carbons (Fsp3) is 0.462. The maximum Gasteiger partial charge on any atom is 0.236 e. The zero-order valence-corrected chi connectivity index (χ0v) is 10.2. The third-order valence-electron chi connectivity index (χ3n) is 3.18. The minimum Gasteiger partial charge on any atom is -0.348 e. The molecule has 0 aliphatic heterocycles. The van der Waals surface area contributed by atoms with Crippen molar-refractivity contribution in [1.29, 1.82) is 0 Å². The van der Waals surface area contributed by atoms with Crippen LogP contribution in [0.3, 0.4) is 0 Å². The topological polar surface area (TPSA) is 32.3 Å². The molecule has 1 unspecified atom stereocenters. The van der Waals surface area contributed by atoms with Crippen LogP contribution in [-0.2, 0) is 11.2 Å². The summed E-state index contributed by atoms with van der Waals surface area (Å²) in [5, 5.41) is 3.22. The number of halogens is 1. The lowest BCUT2D eigenvalue weighted by molar-refractivity contribution is -0.127. The van der Waals surface area contributed by atoms with E-state index in [-0.39, 0.29) is 17.8 Å². The van der Waals surface area contributed by atoms with Crippen molar-refractivity contribution in [3.8, 4) is 0 Å². The van der Waals surface area contributed by atoms with Crippen LogP contribution in [0.5, 0.6) is 0 Å². The van der Waals surface area contributed by atoms with Gasteiger partial charge in [-0.15, -0.1) is 0 Å². The Balaban J connectivity index is 2.00. The molecular weight excluding hydrogens is 219 g/mol. The van der Waals surface area contributed by atoms with Gasteiger partial charge in [-0.1, -0.05) is 6.07 Å². The largest absolute Gasteiger partial charge is 0.348 e. The van der Waals surface area contributed by atoms with Gasteiger partial charge in [0.05, 0.1) is 6.54 Å². The second-order valence-electron chi connectivity index (χ2n) is 4.60. The number of likely N-dealkylation sites (N-methyl/N-ethyl adjacent to an activating group) is 1. The van der Waals surface area contributed by atoms with Crippen LogP contribution in [0.2, 0.25) is 0 Å². The first kappa shape index (κ1) is 12.0. The predicted octanol–water partition coefficient (Wildman–Crippen LogP) is 1.49. The van der Waals surface area contributed by atoms with Crippen molar-refractivity contribution in [2.45, 2.75) is 18.9 Å². The van der Waals surface area contributed by atoms with Crippen molar-refractivity contribution in [2.75, 3.05) is 20.6 Å². The first-order chi connectivity index (χ1) is 8.08. The van der Waals surface area contributed by atoms with Crippen LogP contribution in [0, 0.1) is 5.82 Å². The quantitative estimate of drug-likeness (QED) is 0.862. The van der Waals surface area contributed by atoms with Crippen LogP contribution in [0.4, 0.5) is 4.39 Å². The van der Waals surface area contributed by atoms with Crippen molar-refractivity contribution in [2.24, 2.45) is 0 Å². The highest BCUT2D eigenvalue weighted by Crippen LogP contribution is 2.31. The number of amides is 1. The summed E-state index contributed by atoms with van der Waals surface area (Å²) < 4.78 is 13.0. The first-order valence-electron chi connectivity index (χ1n) is 5.80. The molecule has 1 N–H and O–H groups in total. The van der Waals surface area contributed by atoms with E-state index in [2.05, 4.69) is 5.32 Å². The zero-order chi connectivity index (χ0) is 12.4. The lowest BCUT2D eigenvalue weighted by Crippen LogP contribution is -2.34. The van der Waals surface area contributed by atoms with E-state index < -0.39 is 0 Å². The number of hydrogen-bond donors (Lipinski definition) is 1. The molecule has 0 saturated carbocycles. The smallest absolute Gasteiger partial charge is 0.236 e. The fourth-order valence-electron chi connectivity index (χ4n) is 2.17. The van der Waals surface area contributed by atoms with Crippen LogP contribution in [-0.4, -0.2) is 31.4 Å². The molecule has 4 heteroatoms. The summed E-state index contributed by atoms with van der Waals surface area (Å²) in [6, 6.07) is 5.06. The van der Waals surface area contributed by atoms with Crippen molar-refractivity contribution in [1.82, 2.24) is 10.2 Å². The number of benzene rings is 1. The molecule has 1 aliphatic rings. The molecule has 3 nitrogen and oxygen atoms in total. The Morgan fingerprint density at radius 1 is 1.53 bits per heavy atom. The molecule has 0 radical (unpaired) electrons. The van der Waals surface area contributed by atoms with Crippen LogP contribution in [0.25, 0.3) is 0 Å². The molecule has 1 aromatic rings. The number of hydrogen-bond acceptors (Lipinski definition) is 2. The number of rotatable bonds is 3. The Bertz CT molecular complexity index is 431. The van der Waals surface area contributed by atoms with Gasteiger partial charge >= 0.3 is 0 Å². The molecule has 1 aromatic carbocycles. The van der Waals surface area contributed by atoms with Gasteiger partial charge in [0.25, 0.3) is 0 Å². The molecule has 0 spiro atoms.